The van der Waals surface area contributed by atoms with E-state index in [2.05, 4.69) is 22.5 Å². The smallest absolute Gasteiger partial charge is 0.195 e. The van der Waals surface area contributed by atoms with Gasteiger partial charge in [0.25, 0.3) is 0 Å². The Bertz CT molecular complexity index is 579. The number of para-hydroxylation sites is 1. The molecule has 0 aliphatic heterocycles. The number of carbonyl (C=O) groups is 1. The highest BCUT2D eigenvalue weighted by molar-refractivity contribution is 5.95. The average Bonchev–Trinajstić information content (AvgIpc) is 2.99. The molecule has 0 unspecified atom stereocenters. The van der Waals surface area contributed by atoms with Gasteiger partial charge in [-0.2, -0.15) is 0 Å². The van der Waals surface area contributed by atoms with Crippen LogP contribution in [0.5, 0.6) is 0 Å². The van der Waals surface area contributed by atoms with Gasteiger partial charge in [-0.3, -0.25) is 4.79 Å². The van der Waals surface area contributed by atoms with Gasteiger partial charge in [0.05, 0.1) is 11.0 Å². The van der Waals surface area contributed by atoms with Crippen LogP contribution in [0.2, 0.25) is 0 Å². The van der Waals surface area contributed by atoms with Crippen molar-refractivity contribution in [3.8, 4) is 0 Å². The Hall–Kier alpha value is -1.64. The van der Waals surface area contributed by atoms with Crippen LogP contribution in [-0.2, 0) is 0 Å². The molecule has 0 atom stereocenters. The Morgan fingerprint density at radius 1 is 1.44 bits per heavy atom. The number of hydrogen-bond donors (Lipinski definition) is 0. The van der Waals surface area contributed by atoms with Gasteiger partial charge in [-0.1, -0.05) is 12.1 Å². The molecular weight excluding hydrogens is 200 g/mol. The van der Waals surface area contributed by atoms with Crippen molar-refractivity contribution in [3.63, 3.8) is 0 Å². The predicted octanol–water partition coefficient (Wildman–Crippen LogP) is 2.88. The summed E-state index contributed by atoms with van der Waals surface area (Å²) in [4.78, 5) is 16.0. The minimum atomic E-state index is 0.0579. The fraction of sp³-hybridized carbons (Fsp3) is 0.385. The van der Waals surface area contributed by atoms with Crippen LogP contribution in [0, 0.1) is 6.92 Å². The van der Waals surface area contributed by atoms with Gasteiger partial charge in [-0.25, -0.2) is 4.98 Å². The summed E-state index contributed by atoms with van der Waals surface area (Å²) in [5.41, 5.74) is 3.27. The van der Waals surface area contributed by atoms with E-state index in [1.54, 1.807) is 6.92 Å². The second-order valence-electron chi connectivity index (χ2n) is 4.54. The molecule has 3 nitrogen and oxygen atoms in total. The highest BCUT2D eigenvalue weighted by Gasteiger charge is 2.29. The molecule has 0 N–H and O–H groups in total. The Morgan fingerprint density at radius 2 is 2.19 bits per heavy atom. The maximum absolute atomic E-state index is 11.6. The molecule has 0 saturated heterocycles. The molecule has 2 aromatic rings. The van der Waals surface area contributed by atoms with Crippen molar-refractivity contribution in [2.24, 2.45) is 0 Å². The first kappa shape index (κ1) is 9.58. The van der Waals surface area contributed by atoms with E-state index in [9.17, 15) is 4.79 Å². The number of Topliss-reactive ketones (excluding diaryl/α,β-unsaturated/α-hetero) is 1. The van der Waals surface area contributed by atoms with Crippen molar-refractivity contribution in [1.82, 2.24) is 9.55 Å². The van der Waals surface area contributed by atoms with Crippen LogP contribution >= 0.6 is 0 Å². The lowest BCUT2D eigenvalue weighted by Crippen LogP contribution is -2.06. The third-order valence-electron chi connectivity index (χ3n) is 3.14. The van der Waals surface area contributed by atoms with Crippen LogP contribution < -0.4 is 0 Å². The number of fused-ring (bicyclic) bond motifs is 1. The third-order valence-corrected chi connectivity index (χ3v) is 3.14. The van der Waals surface area contributed by atoms with E-state index in [1.165, 1.54) is 18.4 Å². The molecule has 1 aromatic heterocycles. The van der Waals surface area contributed by atoms with Gasteiger partial charge in [0.15, 0.2) is 11.6 Å². The first-order chi connectivity index (χ1) is 7.68. The Balaban J connectivity index is 2.38. The van der Waals surface area contributed by atoms with E-state index >= 15 is 0 Å². The SMILES string of the molecule is CC(=O)c1nc2cccc(C)c2n1C1CC1. The van der Waals surface area contributed by atoms with Crippen LogP contribution in [-0.4, -0.2) is 15.3 Å². The van der Waals surface area contributed by atoms with Gasteiger partial charge >= 0.3 is 0 Å². The van der Waals surface area contributed by atoms with E-state index in [0.717, 1.165) is 11.0 Å². The second-order valence-corrected chi connectivity index (χ2v) is 4.54. The number of hydrogen-bond acceptors (Lipinski definition) is 2. The molecule has 1 saturated carbocycles. The van der Waals surface area contributed by atoms with Gasteiger partial charge in [0, 0.05) is 13.0 Å². The molecule has 1 heterocycles. The van der Waals surface area contributed by atoms with Gasteiger partial charge in [-0.05, 0) is 31.4 Å². The number of ketones is 1. The Labute approximate surface area is 94.1 Å². The Morgan fingerprint density at radius 3 is 2.81 bits per heavy atom. The highest BCUT2D eigenvalue weighted by Crippen LogP contribution is 2.39. The van der Waals surface area contributed by atoms with Crippen molar-refractivity contribution in [1.29, 1.82) is 0 Å². The summed E-state index contributed by atoms with van der Waals surface area (Å²) in [6, 6.07) is 6.54. The molecule has 1 aromatic carbocycles. The third kappa shape index (κ3) is 1.28. The van der Waals surface area contributed by atoms with E-state index in [-0.39, 0.29) is 5.78 Å². The molecular formula is C13H14N2O. The lowest BCUT2D eigenvalue weighted by atomic mass is 10.2. The summed E-state index contributed by atoms with van der Waals surface area (Å²) in [6.07, 6.45) is 2.33. The summed E-state index contributed by atoms with van der Waals surface area (Å²) >= 11 is 0. The zero-order chi connectivity index (χ0) is 11.3. The van der Waals surface area contributed by atoms with Crippen LogP contribution in [0.25, 0.3) is 11.0 Å². The topological polar surface area (TPSA) is 34.9 Å². The number of aromatic nitrogens is 2. The monoisotopic (exact) mass is 214 g/mol. The van der Waals surface area contributed by atoms with Crippen LogP contribution in [0.3, 0.4) is 0 Å². The van der Waals surface area contributed by atoms with Gasteiger partial charge < -0.3 is 4.57 Å². The van der Waals surface area contributed by atoms with Crippen LogP contribution in [0.1, 0.15) is 42.0 Å². The lowest BCUT2D eigenvalue weighted by Gasteiger charge is -2.06. The summed E-state index contributed by atoms with van der Waals surface area (Å²) < 4.78 is 2.13. The summed E-state index contributed by atoms with van der Waals surface area (Å²) in [6.45, 7) is 3.67. The standard InChI is InChI=1S/C13H14N2O/c1-8-4-3-5-11-12(8)15(10-6-7-10)13(14-11)9(2)16/h3-5,10H,6-7H2,1-2H3. The molecule has 0 radical (unpaired) electrons. The van der Waals surface area contributed by atoms with Crippen molar-refractivity contribution >= 4 is 16.8 Å². The van der Waals surface area contributed by atoms with E-state index in [4.69, 9.17) is 0 Å². The van der Waals surface area contributed by atoms with E-state index in [0.29, 0.717) is 11.9 Å². The number of aryl methyl sites for hydroxylation is 1. The predicted molar refractivity (Wildman–Crippen MR) is 62.7 cm³/mol. The molecule has 1 aliphatic rings. The molecule has 1 fully saturated rings. The first-order valence-corrected chi connectivity index (χ1v) is 5.67. The van der Waals surface area contributed by atoms with Crippen molar-refractivity contribution in [2.45, 2.75) is 32.7 Å². The van der Waals surface area contributed by atoms with Crippen molar-refractivity contribution in [2.75, 3.05) is 0 Å². The first-order valence-electron chi connectivity index (χ1n) is 5.67. The molecule has 3 heteroatoms. The fourth-order valence-corrected chi connectivity index (χ4v) is 2.26. The van der Waals surface area contributed by atoms with Crippen molar-refractivity contribution < 1.29 is 4.79 Å². The quantitative estimate of drug-likeness (QED) is 0.720. The summed E-state index contributed by atoms with van der Waals surface area (Å²) in [5, 5.41) is 0. The van der Waals surface area contributed by atoms with E-state index in [1.807, 2.05) is 12.1 Å². The molecule has 0 bridgehead atoms. The Kier molecular flexibility index (Phi) is 1.90. The molecule has 1 aliphatic carbocycles. The van der Waals surface area contributed by atoms with Crippen LogP contribution in [0.4, 0.5) is 0 Å². The summed E-state index contributed by atoms with van der Waals surface area (Å²) in [7, 11) is 0. The largest absolute Gasteiger partial charge is 0.318 e. The van der Waals surface area contributed by atoms with Crippen molar-refractivity contribution in [3.05, 3.63) is 29.6 Å². The minimum absolute atomic E-state index is 0.0579. The zero-order valence-electron chi connectivity index (χ0n) is 9.53. The number of carbonyl (C=O) groups excluding carboxylic acids is 1. The number of imidazole rings is 1. The maximum atomic E-state index is 11.6. The molecule has 16 heavy (non-hydrogen) atoms. The van der Waals surface area contributed by atoms with Gasteiger partial charge in [-0.15, -0.1) is 0 Å². The molecule has 0 amide bonds. The maximum Gasteiger partial charge on any atom is 0.195 e. The lowest BCUT2D eigenvalue weighted by molar-refractivity contribution is 0.1000. The van der Waals surface area contributed by atoms with Gasteiger partial charge in [0.1, 0.15) is 0 Å². The fourth-order valence-electron chi connectivity index (χ4n) is 2.26. The summed E-state index contributed by atoms with van der Waals surface area (Å²) in [5.74, 6) is 0.675. The highest BCUT2D eigenvalue weighted by atomic mass is 16.1. The normalized spacial score (nSPS) is 15.6. The average molecular weight is 214 g/mol. The second kappa shape index (κ2) is 3.17. The van der Waals surface area contributed by atoms with E-state index < -0.39 is 0 Å². The molecule has 82 valence electrons. The molecule has 3 rings (SSSR count). The zero-order valence-corrected chi connectivity index (χ0v) is 9.53. The number of rotatable bonds is 2. The molecule has 0 spiro atoms. The number of nitrogens with zero attached hydrogens (tertiary/aromatic N) is 2. The van der Waals surface area contributed by atoms with Gasteiger partial charge in [0.2, 0.25) is 0 Å². The minimum Gasteiger partial charge on any atom is -0.318 e. The number of benzene rings is 1. The van der Waals surface area contributed by atoms with Crippen LogP contribution in [0.15, 0.2) is 18.2 Å².